The Bertz CT molecular complexity index is 439. The van der Waals surface area contributed by atoms with Gasteiger partial charge in [0.2, 0.25) is 0 Å². The van der Waals surface area contributed by atoms with Crippen LogP contribution < -0.4 is 0 Å². The first kappa shape index (κ1) is 20.6. The number of carbonyl (C=O) groups is 1. The van der Waals surface area contributed by atoms with Crippen molar-refractivity contribution in [3.63, 3.8) is 0 Å². The highest BCUT2D eigenvalue weighted by molar-refractivity contribution is 5.48. The minimum atomic E-state index is -0.551. The van der Waals surface area contributed by atoms with Crippen molar-refractivity contribution in [1.82, 2.24) is 0 Å². The zero-order valence-corrected chi connectivity index (χ0v) is 15.9. The quantitative estimate of drug-likeness (QED) is 0.371. The highest BCUT2D eigenvalue weighted by Crippen LogP contribution is 2.48. The van der Waals surface area contributed by atoms with Crippen LogP contribution in [0.2, 0.25) is 0 Å². The Hall–Kier alpha value is -0.750. The third kappa shape index (κ3) is 5.13. The largest absolute Gasteiger partial charge is 0.388 e. The molecule has 1 saturated heterocycles. The summed E-state index contributed by atoms with van der Waals surface area (Å²) in [6, 6.07) is 0. The standard InChI is InChI=1S/C20H34O5/c1-19(2,15-23-3)18(22)9-8-16-10-11-20(24-13-14-25-20)17(16)7-5-4-6-12-21/h8-9,12,16-18,22H,4-7,10-11,13-15H2,1-3H3/b9-8+. The maximum Gasteiger partial charge on any atom is 0.171 e. The van der Waals surface area contributed by atoms with Crippen LogP contribution in [0.15, 0.2) is 12.2 Å². The van der Waals surface area contributed by atoms with Crippen LogP contribution in [0.4, 0.5) is 0 Å². The SMILES string of the molecule is COCC(C)(C)C(O)/C=C/C1CCC2(OCCO2)C1CCCCC=O. The molecule has 2 rings (SSSR count). The summed E-state index contributed by atoms with van der Waals surface area (Å²) in [4.78, 5) is 10.5. The predicted molar refractivity (Wildman–Crippen MR) is 96.2 cm³/mol. The molecule has 1 aliphatic heterocycles. The smallest absolute Gasteiger partial charge is 0.171 e. The fourth-order valence-electron chi connectivity index (χ4n) is 4.13. The van der Waals surface area contributed by atoms with Crippen LogP contribution in [-0.4, -0.2) is 50.2 Å². The van der Waals surface area contributed by atoms with E-state index in [-0.39, 0.29) is 11.3 Å². The lowest BCUT2D eigenvalue weighted by molar-refractivity contribution is -0.186. The summed E-state index contributed by atoms with van der Waals surface area (Å²) >= 11 is 0. The van der Waals surface area contributed by atoms with Crippen LogP contribution in [0.1, 0.15) is 52.4 Å². The van der Waals surface area contributed by atoms with Gasteiger partial charge < -0.3 is 24.1 Å². The van der Waals surface area contributed by atoms with E-state index in [4.69, 9.17) is 14.2 Å². The van der Waals surface area contributed by atoms with Crippen molar-refractivity contribution in [2.45, 2.75) is 64.3 Å². The van der Waals surface area contributed by atoms with E-state index in [0.717, 1.165) is 38.4 Å². The Morgan fingerprint density at radius 1 is 1.32 bits per heavy atom. The number of carbonyl (C=O) groups excluding carboxylic acids is 1. The first-order valence-corrected chi connectivity index (χ1v) is 9.52. The Kier molecular flexibility index (Phi) is 7.62. The molecule has 3 unspecified atom stereocenters. The molecule has 0 aromatic rings. The van der Waals surface area contributed by atoms with Gasteiger partial charge in [0.15, 0.2) is 5.79 Å². The first-order chi connectivity index (χ1) is 11.9. The van der Waals surface area contributed by atoms with E-state index in [9.17, 15) is 9.90 Å². The molecule has 25 heavy (non-hydrogen) atoms. The zero-order valence-electron chi connectivity index (χ0n) is 15.9. The molecule has 0 aromatic heterocycles. The van der Waals surface area contributed by atoms with Crippen LogP contribution in [0.3, 0.4) is 0 Å². The Balaban J connectivity index is 2.01. The van der Waals surface area contributed by atoms with Crippen molar-refractivity contribution in [1.29, 1.82) is 0 Å². The fraction of sp³-hybridized carbons (Fsp3) is 0.850. The van der Waals surface area contributed by atoms with Crippen molar-refractivity contribution >= 4 is 6.29 Å². The second-order valence-corrected chi connectivity index (χ2v) is 8.02. The second kappa shape index (κ2) is 9.26. The Morgan fingerprint density at radius 3 is 2.68 bits per heavy atom. The number of aliphatic hydroxyl groups is 1. The molecule has 2 fully saturated rings. The number of rotatable bonds is 10. The molecule has 1 aliphatic carbocycles. The van der Waals surface area contributed by atoms with Gasteiger partial charge in [0.25, 0.3) is 0 Å². The average molecular weight is 354 g/mol. The first-order valence-electron chi connectivity index (χ1n) is 9.52. The molecule has 1 saturated carbocycles. The van der Waals surface area contributed by atoms with Gasteiger partial charge in [0.1, 0.15) is 6.29 Å². The van der Waals surface area contributed by atoms with Crippen LogP contribution in [0.25, 0.3) is 0 Å². The molecular formula is C20H34O5. The predicted octanol–water partition coefficient (Wildman–Crippen LogP) is 3.10. The van der Waals surface area contributed by atoms with Gasteiger partial charge in [0, 0.05) is 31.3 Å². The van der Waals surface area contributed by atoms with E-state index in [1.807, 2.05) is 19.9 Å². The number of aldehydes is 1. The van der Waals surface area contributed by atoms with Gasteiger partial charge in [-0.1, -0.05) is 32.4 Å². The van der Waals surface area contributed by atoms with Crippen LogP contribution in [-0.2, 0) is 19.0 Å². The molecule has 0 bridgehead atoms. The van der Waals surface area contributed by atoms with E-state index in [2.05, 4.69) is 6.08 Å². The summed E-state index contributed by atoms with van der Waals surface area (Å²) < 4.78 is 17.2. The zero-order chi connectivity index (χ0) is 18.3. The maximum atomic E-state index is 10.5. The van der Waals surface area contributed by atoms with E-state index in [0.29, 0.717) is 32.2 Å². The second-order valence-electron chi connectivity index (χ2n) is 8.02. The molecule has 5 nitrogen and oxygen atoms in total. The minimum Gasteiger partial charge on any atom is -0.388 e. The summed E-state index contributed by atoms with van der Waals surface area (Å²) in [6.07, 6.45) is 9.91. The molecule has 1 spiro atoms. The van der Waals surface area contributed by atoms with Crippen molar-refractivity contribution in [3.8, 4) is 0 Å². The number of allylic oxidation sites excluding steroid dienone is 1. The van der Waals surface area contributed by atoms with E-state index >= 15 is 0 Å². The molecule has 2 aliphatic rings. The molecule has 1 N–H and O–H groups in total. The van der Waals surface area contributed by atoms with Crippen molar-refractivity contribution < 1.29 is 24.1 Å². The molecule has 0 radical (unpaired) electrons. The monoisotopic (exact) mass is 354 g/mol. The molecular weight excluding hydrogens is 320 g/mol. The van der Waals surface area contributed by atoms with Crippen molar-refractivity contribution in [3.05, 3.63) is 12.2 Å². The molecule has 0 amide bonds. The van der Waals surface area contributed by atoms with E-state index < -0.39 is 11.9 Å². The number of hydrogen-bond acceptors (Lipinski definition) is 5. The van der Waals surface area contributed by atoms with Gasteiger partial charge in [-0.05, 0) is 25.2 Å². The van der Waals surface area contributed by atoms with E-state index in [1.54, 1.807) is 7.11 Å². The summed E-state index contributed by atoms with van der Waals surface area (Å²) in [5, 5.41) is 10.5. The number of hydrogen-bond donors (Lipinski definition) is 1. The number of methoxy groups -OCH3 is 1. The average Bonchev–Trinajstić information content (AvgIpc) is 3.18. The summed E-state index contributed by atoms with van der Waals surface area (Å²) in [5.74, 6) is 0.168. The number of ether oxygens (including phenoxy) is 3. The van der Waals surface area contributed by atoms with Gasteiger partial charge in [-0.3, -0.25) is 0 Å². The summed E-state index contributed by atoms with van der Waals surface area (Å²) in [6.45, 7) is 5.83. The van der Waals surface area contributed by atoms with Crippen LogP contribution in [0.5, 0.6) is 0 Å². The lowest BCUT2D eigenvalue weighted by atomic mass is 9.84. The van der Waals surface area contributed by atoms with Gasteiger partial charge in [-0.25, -0.2) is 0 Å². The van der Waals surface area contributed by atoms with E-state index in [1.165, 1.54) is 0 Å². The third-order valence-electron chi connectivity index (χ3n) is 5.63. The topological polar surface area (TPSA) is 65.0 Å². The normalized spacial score (nSPS) is 27.4. The third-order valence-corrected chi connectivity index (χ3v) is 5.63. The lowest BCUT2D eigenvalue weighted by Crippen LogP contribution is -2.36. The van der Waals surface area contributed by atoms with Gasteiger partial charge >= 0.3 is 0 Å². The highest BCUT2D eigenvalue weighted by Gasteiger charge is 2.51. The van der Waals surface area contributed by atoms with Crippen molar-refractivity contribution in [2.75, 3.05) is 26.9 Å². The molecule has 144 valence electrons. The Morgan fingerprint density at radius 2 is 2.04 bits per heavy atom. The van der Waals surface area contributed by atoms with Crippen molar-refractivity contribution in [2.24, 2.45) is 17.3 Å². The number of aliphatic hydroxyl groups excluding tert-OH is 1. The van der Waals surface area contributed by atoms with Crippen LogP contribution in [0, 0.1) is 17.3 Å². The van der Waals surface area contributed by atoms with Crippen LogP contribution >= 0.6 is 0 Å². The van der Waals surface area contributed by atoms with Gasteiger partial charge in [-0.15, -0.1) is 0 Å². The Labute approximate surface area is 151 Å². The summed E-state index contributed by atoms with van der Waals surface area (Å²) in [7, 11) is 1.66. The fourth-order valence-corrected chi connectivity index (χ4v) is 4.13. The number of unbranched alkanes of at least 4 members (excludes halogenated alkanes) is 2. The highest BCUT2D eigenvalue weighted by atomic mass is 16.7. The maximum absolute atomic E-state index is 10.5. The lowest BCUT2D eigenvalue weighted by Gasteiger charge is -2.32. The van der Waals surface area contributed by atoms with Gasteiger partial charge in [-0.2, -0.15) is 0 Å². The molecule has 1 heterocycles. The minimum absolute atomic E-state index is 0.288. The van der Waals surface area contributed by atoms with Gasteiger partial charge in [0.05, 0.1) is 25.9 Å². The molecule has 0 aromatic carbocycles. The molecule has 3 atom stereocenters. The summed E-state index contributed by atoms with van der Waals surface area (Å²) in [5.41, 5.74) is -0.318. The molecule has 5 heteroatoms.